The summed E-state index contributed by atoms with van der Waals surface area (Å²) in [5.74, 6) is -0.849. The third-order valence-electron chi connectivity index (χ3n) is 4.02. The van der Waals surface area contributed by atoms with Crippen molar-refractivity contribution in [1.29, 1.82) is 0 Å². The van der Waals surface area contributed by atoms with Crippen LogP contribution in [-0.2, 0) is 23.4 Å². The highest BCUT2D eigenvalue weighted by Gasteiger charge is 2.41. The van der Waals surface area contributed by atoms with Gasteiger partial charge in [-0.1, -0.05) is 20.8 Å². The van der Waals surface area contributed by atoms with Gasteiger partial charge in [0.2, 0.25) is 0 Å². The molecule has 0 amide bonds. The number of esters is 1. The second-order valence-corrected chi connectivity index (χ2v) is 12.2. The van der Waals surface area contributed by atoms with E-state index in [1.54, 1.807) is 13.0 Å². The Bertz CT molecular complexity index is 434. The van der Waals surface area contributed by atoms with Gasteiger partial charge in [-0.2, -0.15) is 0 Å². The van der Waals surface area contributed by atoms with E-state index in [2.05, 4.69) is 33.9 Å². The molecule has 22 heavy (non-hydrogen) atoms. The van der Waals surface area contributed by atoms with Crippen LogP contribution in [0.15, 0.2) is 11.8 Å². The van der Waals surface area contributed by atoms with E-state index in [0.717, 1.165) is 0 Å². The minimum Gasteiger partial charge on any atom is -0.539 e. The molecule has 128 valence electrons. The average Bonchev–Trinajstić information content (AvgIpc) is 2.66. The Morgan fingerprint density at radius 3 is 2.36 bits per heavy atom. The molecule has 0 saturated carbocycles. The molecule has 0 aromatic heterocycles. The molecule has 0 N–H and O–H groups in total. The van der Waals surface area contributed by atoms with Gasteiger partial charge in [0.25, 0.3) is 8.32 Å². The summed E-state index contributed by atoms with van der Waals surface area (Å²) in [5, 5.41) is -0.00904. The molecule has 1 unspecified atom stereocenters. The predicted molar refractivity (Wildman–Crippen MR) is 87.9 cm³/mol. The van der Waals surface area contributed by atoms with E-state index in [1.807, 2.05) is 13.8 Å². The lowest BCUT2D eigenvalue weighted by atomic mass is 10.2. The molecule has 0 aromatic carbocycles. The van der Waals surface area contributed by atoms with Gasteiger partial charge in [0.15, 0.2) is 11.5 Å². The molecule has 0 radical (unpaired) electrons. The van der Waals surface area contributed by atoms with E-state index in [9.17, 15) is 4.79 Å². The topological polar surface area (TPSA) is 54.0 Å². The average molecular weight is 330 g/mol. The van der Waals surface area contributed by atoms with Crippen LogP contribution < -0.4 is 0 Å². The van der Waals surface area contributed by atoms with Crippen LogP contribution in [0.5, 0.6) is 0 Å². The molecule has 1 aliphatic heterocycles. The summed E-state index contributed by atoms with van der Waals surface area (Å²) in [4.78, 5) is 12.2. The van der Waals surface area contributed by atoms with Crippen molar-refractivity contribution in [2.75, 3.05) is 13.2 Å². The first kappa shape index (κ1) is 19.2. The fourth-order valence-corrected chi connectivity index (χ4v) is 2.75. The van der Waals surface area contributed by atoms with E-state index in [1.165, 1.54) is 0 Å². The molecule has 1 heterocycles. The van der Waals surface area contributed by atoms with E-state index in [4.69, 9.17) is 18.6 Å². The van der Waals surface area contributed by atoms with Gasteiger partial charge in [0, 0.05) is 0 Å². The first-order chi connectivity index (χ1) is 9.88. The molecule has 0 aromatic rings. The van der Waals surface area contributed by atoms with Gasteiger partial charge in [-0.05, 0) is 45.0 Å². The van der Waals surface area contributed by atoms with Crippen molar-refractivity contribution in [3.8, 4) is 0 Å². The van der Waals surface area contributed by atoms with Crippen molar-refractivity contribution >= 4 is 14.3 Å². The van der Waals surface area contributed by atoms with Gasteiger partial charge in [0.1, 0.15) is 6.10 Å². The Morgan fingerprint density at radius 1 is 1.36 bits per heavy atom. The lowest BCUT2D eigenvalue weighted by Crippen LogP contribution is -2.41. The number of hydrogen-bond donors (Lipinski definition) is 0. The smallest absolute Gasteiger partial charge is 0.371 e. The van der Waals surface area contributed by atoms with Gasteiger partial charge in [-0.25, -0.2) is 4.79 Å². The van der Waals surface area contributed by atoms with Gasteiger partial charge < -0.3 is 18.6 Å². The minimum atomic E-state index is -2.13. The summed E-state index contributed by atoms with van der Waals surface area (Å²) in [7, 11) is -2.13. The predicted octanol–water partition coefficient (Wildman–Crippen LogP) is 3.61. The summed E-state index contributed by atoms with van der Waals surface area (Å²) >= 11 is 0. The maximum atomic E-state index is 12.2. The third kappa shape index (κ3) is 5.10. The van der Waals surface area contributed by atoms with Crippen molar-refractivity contribution < 1.29 is 23.4 Å². The van der Waals surface area contributed by atoms with Gasteiger partial charge >= 0.3 is 5.97 Å². The zero-order valence-corrected chi connectivity index (χ0v) is 16.1. The van der Waals surface area contributed by atoms with Crippen LogP contribution in [0, 0.1) is 0 Å². The largest absolute Gasteiger partial charge is 0.539 e. The van der Waals surface area contributed by atoms with Crippen molar-refractivity contribution in [1.82, 2.24) is 0 Å². The van der Waals surface area contributed by atoms with Crippen LogP contribution in [-0.4, -0.2) is 39.4 Å². The van der Waals surface area contributed by atoms with E-state index in [-0.39, 0.29) is 16.9 Å². The van der Waals surface area contributed by atoms with E-state index >= 15 is 0 Å². The fourth-order valence-electron chi connectivity index (χ4n) is 1.74. The summed E-state index contributed by atoms with van der Waals surface area (Å²) in [6.07, 6.45) is 1.38. The third-order valence-corrected chi connectivity index (χ3v) is 8.36. The van der Waals surface area contributed by atoms with Crippen LogP contribution in [0.3, 0.4) is 0 Å². The fraction of sp³-hybridized carbons (Fsp3) is 0.812. The van der Waals surface area contributed by atoms with Crippen molar-refractivity contribution in [2.24, 2.45) is 0 Å². The van der Waals surface area contributed by atoms with Crippen LogP contribution in [0.2, 0.25) is 18.1 Å². The Hall–Kier alpha value is -0.853. The van der Waals surface area contributed by atoms with Crippen LogP contribution >= 0.6 is 0 Å². The Balaban J connectivity index is 2.97. The number of carbonyl (C=O) groups is 1. The lowest BCUT2D eigenvalue weighted by molar-refractivity contribution is -0.142. The molecule has 0 spiro atoms. The molecular formula is C16H30O5Si. The molecule has 0 aliphatic carbocycles. The SMILES string of the molecule is CCOC(=O)/C(=C/C1COC(C)(C)O1)O[Si](C)(C)C(C)(C)C. The summed E-state index contributed by atoms with van der Waals surface area (Å²) in [5.41, 5.74) is 0. The highest BCUT2D eigenvalue weighted by Crippen LogP contribution is 2.38. The second kappa shape index (κ2) is 6.72. The normalized spacial score (nSPS) is 22.5. The lowest BCUT2D eigenvalue weighted by Gasteiger charge is -2.36. The highest BCUT2D eigenvalue weighted by molar-refractivity contribution is 6.74. The molecule has 1 saturated heterocycles. The first-order valence-corrected chi connectivity index (χ1v) is 10.7. The monoisotopic (exact) mass is 330 g/mol. The van der Waals surface area contributed by atoms with Crippen LogP contribution in [0.1, 0.15) is 41.5 Å². The molecule has 5 nitrogen and oxygen atoms in total. The number of ether oxygens (including phenoxy) is 3. The summed E-state index contributed by atoms with van der Waals surface area (Å²) in [6, 6.07) is 0. The quantitative estimate of drug-likeness (QED) is 0.334. The molecule has 6 heteroatoms. The Labute approximate surface area is 135 Å². The molecular weight excluding hydrogens is 300 g/mol. The van der Waals surface area contributed by atoms with Crippen LogP contribution in [0.4, 0.5) is 0 Å². The van der Waals surface area contributed by atoms with Gasteiger partial charge in [-0.3, -0.25) is 0 Å². The Kier molecular flexibility index (Phi) is 5.86. The van der Waals surface area contributed by atoms with E-state index in [0.29, 0.717) is 13.2 Å². The highest BCUT2D eigenvalue weighted by atomic mass is 28.4. The zero-order chi connectivity index (χ0) is 17.2. The molecule has 1 rings (SSSR count). The molecule has 1 fully saturated rings. The summed E-state index contributed by atoms with van der Waals surface area (Å²) in [6.45, 7) is 16.7. The maximum Gasteiger partial charge on any atom is 0.371 e. The van der Waals surface area contributed by atoms with E-state index < -0.39 is 20.1 Å². The first-order valence-electron chi connectivity index (χ1n) is 7.78. The van der Waals surface area contributed by atoms with Crippen LogP contribution in [0.25, 0.3) is 0 Å². The molecule has 1 atom stereocenters. The number of rotatable bonds is 5. The minimum absolute atomic E-state index is 0.00904. The standard InChI is InChI=1S/C16H30O5Si/c1-9-18-14(17)13(21-22(7,8)15(2,3)4)10-12-11-19-16(5,6)20-12/h10,12H,9,11H2,1-8H3/b13-10-. The second-order valence-electron chi connectivity index (χ2n) is 7.48. The van der Waals surface area contributed by atoms with Crippen molar-refractivity contribution in [2.45, 2.75) is 71.6 Å². The maximum absolute atomic E-state index is 12.2. The van der Waals surface area contributed by atoms with Crippen molar-refractivity contribution in [3.63, 3.8) is 0 Å². The van der Waals surface area contributed by atoms with Gasteiger partial charge in [0.05, 0.1) is 13.2 Å². The van der Waals surface area contributed by atoms with Gasteiger partial charge in [-0.15, -0.1) is 0 Å². The Morgan fingerprint density at radius 2 is 1.95 bits per heavy atom. The summed E-state index contributed by atoms with van der Waals surface area (Å²) < 4.78 is 22.5. The molecule has 0 bridgehead atoms. The molecule has 1 aliphatic rings. The van der Waals surface area contributed by atoms with Crippen molar-refractivity contribution in [3.05, 3.63) is 11.8 Å². The number of carbonyl (C=O) groups excluding carboxylic acids is 1. The zero-order valence-electron chi connectivity index (χ0n) is 15.1. The number of hydrogen-bond acceptors (Lipinski definition) is 5.